The average molecular weight is 403 g/mol. The minimum absolute atomic E-state index is 0.00576. The van der Waals surface area contributed by atoms with Crippen molar-refractivity contribution in [3.63, 3.8) is 0 Å². The Labute approximate surface area is 167 Å². The highest BCUT2D eigenvalue weighted by Gasteiger charge is 2.16. The van der Waals surface area contributed by atoms with E-state index < -0.39 is 23.7 Å². The lowest BCUT2D eigenvalue weighted by molar-refractivity contribution is -0.123. The van der Waals surface area contributed by atoms with Crippen molar-refractivity contribution in [2.45, 2.75) is 20.4 Å². The first-order chi connectivity index (χ1) is 13.9. The first-order valence-corrected chi connectivity index (χ1v) is 9.06. The molecule has 0 atom stereocenters. The third kappa shape index (κ3) is 6.60. The van der Waals surface area contributed by atoms with Gasteiger partial charge in [-0.05, 0) is 38.1 Å². The Morgan fingerprint density at radius 2 is 1.52 bits per heavy atom. The Hall–Kier alpha value is -3.42. The maximum Gasteiger partial charge on any atom is 0.338 e. The van der Waals surface area contributed by atoms with Crippen LogP contribution in [0, 0.1) is 5.82 Å². The number of ether oxygens (including phenoxy) is 3. The van der Waals surface area contributed by atoms with Gasteiger partial charge in [0.05, 0.1) is 24.3 Å². The van der Waals surface area contributed by atoms with Crippen LogP contribution in [0.1, 0.15) is 40.1 Å². The Morgan fingerprint density at radius 1 is 0.931 bits per heavy atom. The van der Waals surface area contributed by atoms with Crippen molar-refractivity contribution in [2.24, 2.45) is 0 Å². The highest BCUT2D eigenvalue weighted by Crippen LogP contribution is 2.19. The van der Waals surface area contributed by atoms with Crippen LogP contribution in [0.4, 0.5) is 4.39 Å². The summed E-state index contributed by atoms with van der Waals surface area (Å²) in [7, 11) is 0. The Bertz CT molecular complexity index is 847. The second-order valence-corrected chi connectivity index (χ2v) is 5.84. The van der Waals surface area contributed by atoms with Crippen LogP contribution in [0.5, 0.6) is 5.75 Å². The van der Waals surface area contributed by atoms with Crippen molar-refractivity contribution in [1.29, 1.82) is 0 Å². The van der Waals surface area contributed by atoms with E-state index in [-0.39, 0.29) is 43.2 Å². The lowest BCUT2D eigenvalue weighted by atomic mass is 10.1. The fourth-order valence-corrected chi connectivity index (χ4v) is 2.38. The van der Waals surface area contributed by atoms with E-state index in [4.69, 9.17) is 14.2 Å². The second kappa shape index (κ2) is 10.8. The lowest BCUT2D eigenvalue weighted by Gasteiger charge is -2.11. The summed E-state index contributed by atoms with van der Waals surface area (Å²) in [4.78, 5) is 36.0. The van der Waals surface area contributed by atoms with E-state index in [9.17, 15) is 18.8 Å². The van der Waals surface area contributed by atoms with Crippen LogP contribution in [0.3, 0.4) is 0 Å². The number of halogens is 1. The first-order valence-electron chi connectivity index (χ1n) is 9.06. The van der Waals surface area contributed by atoms with Gasteiger partial charge in [0, 0.05) is 12.1 Å². The molecule has 0 fully saturated rings. The molecular weight excluding hydrogens is 381 g/mol. The minimum atomic E-state index is -0.632. The quantitative estimate of drug-likeness (QED) is 0.648. The number of nitrogens with one attached hydrogen (secondary N) is 1. The van der Waals surface area contributed by atoms with E-state index in [0.717, 1.165) is 0 Å². The molecule has 0 aromatic heterocycles. The maximum absolute atomic E-state index is 13.6. The van der Waals surface area contributed by atoms with Gasteiger partial charge in [0.15, 0.2) is 6.61 Å². The Balaban J connectivity index is 2.05. The topological polar surface area (TPSA) is 90.9 Å². The third-order valence-corrected chi connectivity index (χ3v) is 3.73. The summed E-state index contributed by atoms with van der Waals surface area (Å²) >= 11 is 0. The van der Waals surface area contributed by atoms with Gasteiger partial charge < -0.3 is 19.5 Å². The monoisotopic (exact) mass is 403 g/mol. The van der Waals surface area contributed by atoms with Crippen molar-refractivity contribution in [3.8, 4) is 5.75 Å². The Kier molecular flexibility index (Phi) is 8.14. The summed E-state index contributed by atoms with van der Waals surface area (Å²) in [5.74, 6) is -2.05. The number of hydrogen-bond donors (Lipinski definition) is 1. The van der Waals surface area contributed by atoms with Gasteiger partial charge in [0.25, 0.3) is 5.91 Å². The second-order valence-electron chi connectivity index (χ2n) is 5.84. The van der Waals surface area contributed by atoms with Crippen LogP contribution in [0.15, 0.2) is 42.5 Å². The zero-order valence-electron chi connectivity index (χ0n) is 16.2. The van der Waals surface area contributed by atoms with Gasteiger partial charge in [-0.15, -0.1) is 0 Å². The smallest absolute Gasteiger partial charge is 0.338 e. The first kappa shape index (κ1) is 21.9. The number of rotatable bonds is 9. The van der Waals surface area contributed by atoms with Crippen molar-refractivity contribution >= 4 is 17.8 Å². The summed E-state index contributed by atoms with van der Waals surface area (Å²) in [6, 6.07) is 10.2. The average Bonchev–Trinajstić information content (AvgIpc) is 2.71. The molecule has 2 aromatic rings. The van der Waals surface area contributed by atoms with Gasteiger partial charge >= 0.3 is 11.9 Å². The molecule has 2 rings (SSSR count). The lowest BCUT2D eigenvalue weighted by Crippen LogP contribution is -2.28. The molecule has 1 amide bonds. The highest BCUT2D eigenvalue weighted by atomic mass is 19.1. The number of amides is 1. The maximum atomic E-state index is 13.6. The summed E-state index contributed by atoms with van der Waals surface area (Å²) in [6.07, 6.45) is 0. The summed E-state index contributed by atoms with van der Waals surface area (Å²) < 4.78 is 28.9. The largest absolute Gasteiger partial charge is 0.484 e. The van der Waals surface area contributed by atoms with E-state index >= 15 is 0 Å². The van der Waals surface area contributed by atoms with Crippen LogP contribution in [0.2, 0.25) is 0 Å². The number of carbonyl (C=O) groups is 3. The van der Waals surface area contributed by atoms with E-state index in [1.165, 1.54) is 24.3 Å². The fraction of sp³-hybridized carbons (Fsp3) is 0.286. The number of hydrogen-bond acceptors (Lipinski definition) is 6. The van der Waals surface area contributed by atoms with E-state index in [1.54, 1.807) is 32.0 Å². The van der Waals surface area contributed by atoms with Crippen molar-refractivity contribution in [1.82, 2.24) is 5.32 Å². The molecule has 0 aliphatic heterocycles. The molecule has 0 saturated heterocycles. The molecule has 0 aliphatic rings. The van der Waals surface area contributed by atoms with Crippen molar-refractivity contribution in [3.05, 3.63) is 65.0 Å². The Morgan fingerprint density at radius 3 is 2.07 bits per heavy atom. The molecule has 29 heavy (non-hydrogen) atoms. The number of benzene rings is 2. The molecule has 0 saturated carbocycles. The summed E-state index contributed by atoms with van der Waals surface area (Å²) in [6.45, 7) is 3.26. The zero-order chi connectivity index (χ0) is 21.2. The van der Waals surface area contributed by atoms with Gasteiger partial charge in [-0.3, -0.25) is 4.79 Å². The third-order valence-electron chi connectivity index (χ3n) is 3.73. The van der Waals surface area contributed by atoms with Crippen LogP contribution in [-0.2, 0) is 20.8 Å². The van der Waals surface area contributed by atoms with Gasteiger partial charge in [-0.1, -0.05) is 18.2 Å². The molecule has 2 aromatic carbocycles. The molecule has 1 N–H and O–H groups in total. The van der Waals surface area contributed by atoms with Gasteiger partial charge in [0.2, 0.25) is 0 Å². The normalized spacial score (nSPS) is 10.2. The minimum Gasteiger partial charge on any atom is -0.484 e. The molecule has 0 aliphatic carbocycles. The van der Waals surface area contributed by atoms with Crippen molar-refractivity contribution < 1.29 is 33.0 Å². The SMILES string of the molecule is CCOC(=O)c1cc(OCC(=O)NCc2ccccc2F)cc(C(=O)OCC)c1. The summed E-state index contributed by atoms with van der Waals surface area (Å²) in [5, 5.41) is 2.54. The van der Waals surface area contributed by atoms with Crippen LogP contribution in [-0.4, -0.2) is 37.7 Å². The number of carbonyl (C=O) groups excluding carboxylic acids is 3. The molecule has 0 spiro atoms. The molecule has 0 heterocycles. The molecule has 7 nitrogen and oxygen atoms in total. The van der Waals surface area contributed by atoms with Gasteiger partial charge in [-0.25, -0.2) is 14.0 Å². The van der Waals surface area contributed by atoms with Crippen LogP contribution < -0.4 is 10.1 Å². The molecule has 0 bridgehead atoms. The van der Waals surface area contributed by atoms with E-state index in [0.29, 0.717) is 5.56 Å². The number of esters is 2. The molecule has 154 valence electrons. The predicted octanol–water partition coefficient (Wildman–Crippen LogP) is 2.87. The van der Waals surface area contributed by atoms with Gasteiger partial charge in [-0.2, -0.15) is 0 Å². The van der Waals surface area contributed by atoms with Crippen LogP contribution in [0.25, 0.3) is 0 Å². The zero-order valence-corrected chi connectivity index (χ0v) is 16.2. The molecular formula is C21H22FNO6. The molecule has 8 heteroatoms. The highest BCUT2D eigenvalue weighted by molar-refractivity contribution is 5.96. The van der Waals surface area contributed by atoms with E-state index in [1.807, 2.05) is 0 Å². The standard InChI is InChI=1S/C21H22FNO6/c1-3-27-20(25)15-9-16(21(26)28-4-2)11-17(10-15)29-13-19(24)23-12-14-7-5-6-8-18(14)22/h5-11H,3-4,12-13H2,1-2H3,(H,23,24). The predicted molar refractivity (Wildman–Crippen MR) is 102 cm³/mol. The summed E-state index contributed by atoms with van der Waals surface area (Å²) in [5.41, 5.74) is 0.535. The molecule has 0 unspecified atom stereocenters. The van der Waals surface area contributed by atoms with Crippen molar-refractivity contribution in [2.75, 3.05) is 19.8 Å². The van der Waals surface area contributed by atoms with E-state index in [2.05, 4.69) is 5.32 Å². The van der Waals surface area contributed by atoms with Gasteiger partial charge in [0.1, 0.15) is 11.6 Å². The fourth-order valence-electron chi connectivity index (χ4n) is 2.38. The van der Waals surface area contributed by atoms with Crippen LogP contribution >= 0.6 is 0 Å². The molecule has 0 radical (unpaired) electrons.